The third-order valence-electron chi connectivity index (χ3n) is 2.92. The molecule has 17 heavy (non-hydrogen) atoms. The van der Waals surface area contributed by atoms with Crippen molar-refractivity contribution in [3.8, 4) is 0 Å². The van der Waals surface area contributed by atoms with E-state index in [9.17, 15) is 9.90 Å². The van der Waals surface area contributed by atoms with E-state index in [0.29, 0.717) is 12.1 Å². The molecule has 1 aliphatic rings. The third kappa shape index (κ3) is 2.26. The molecule has 1 aromatic carbocycles. The van der Waals surface area contributed by atoms with E-state index >= 15 is 0 Å². The fourth-order valence-corrected chi connectivity index (χ4v) is 2.50. The normalized spacial score (nSPS) is 27.8. The summed E-state index contributed by atoms with van der Waals surface area (Å²) >= 11 is 0. The largest absolute Gasteiger partial charge is 0.371 e. The highest BCUT2D eigenvalue weighted by atomic mass is 16.3. The number of carbonyl (C=O) groups is 1. The molecule has 0 saturated carbocycles. The van der Waals surface area contributed by atoms with Crippen LogP contribution in [0.5, 0.6) is 0 Å². The topological polar surface area (TPSA) is 52.6 Å². The first kappa shape index (κ1) is 11.9. The van der Waals surface area contributed by atoms with Crippen LogP contribution in [-0.2, 0) is 0 Å². The highest BCUT2D eigenvalue weighted by molar-refractivity contribution is 5.94. The summed E-state index contributed by atoms with van der Waals surface area (Å²) < 4.78 is 0. The molecule has 1 aromatic rings. The molecule has 0 bridgehead atoms. The molecule has 1 fully saturated rings. The van der Waals surface area contributed by atoms with Gasteiger partial charge in [0.1, 0.15) is 5.72 Å². The van der Waals surface area contributed by atoms with E-state index in [2.05, 4.69) is 5.32 Å². The van der Waals surface area contributed by atoms with Crippen molar-refractivity contribution in [1.29, 1.82) is 0 Å². The fourth-order valence-electron chi connectivity index (χ4n) is 2.50. The monoisotopic (exact) mass is 234 g/mol. The standard InChI is InChI=1S/C13H18N2O2/c1-12(2)9-13(3,17)15(11(16)14-12)10-7-5-4-6-8-10/h4-8,17H,9H2,1-3H3,(H,14,16)/t13-/m0/s1. The van der Waals surface area contributed by atoms with E-state index < -0.39 is 11.3 Å². The van der Waals surface area contributed by atoms with E-state index in [1.807, 2.05) is 44.2 Å². The molecule has 4 heteroatoms. The maximum atomic E-state index is 12.1. The molecule has 0 aromatic heterocycles. The Hall–Kier alpha value is -1.55. The summed E-state index contributed by atoms with van der Waals surface area (Å²) in [5.74, 6) is 0. The predicted octanol–water partition coefficient (Wildman–Crippen LogP) is 2.09. The quantitative estimate of drug-likeness (QED) is 0.781. The number of amides is 2. The van der Waals surface area contributed by atoms with Gasteiger partial charge in [0, 0.05) is 17.6 Å². The average molecular weight is 234 g/mol. The van der Waals surface area contributed by atoms with Crippen LogP contribution in [0.2, 0.25) is 0 Å². The molecule has 1 atom stereocenters. The van der Waals surface area contributed by atoms with Gasteiger partial charge in [0.15, 0.2) is 0 Å². The van der Waals surface area contributed by atoms with Gasteiger partial charge in [-0.25, -0.2) is 4.79 Å². The molecule has 0 aliphatic carbocycles. The molecular formula is C13H18N2O2. The molecule has 0 unspecified atom stereocenters. The number of hydrogen-bond acceptors (Lipinski definition) is 2. The summed E-state index contributed by atoms with van der Waals surface area (Å²) in [7, 11) is 0. The summed E-state index contributed by atoms with van der Waals surface area (Å²) in [6.07, 6.45) is 0.473. The Labute approximate surface area is 101 Å². The van der Waals surface area contributed by atoms with Gasteiger partial charge in [-0.1, -0.05) is 18.2 Å². The zero-order valence-electron chi connectivity index (χ0n) is 10.4. The number of nitrogens with one attached hydrogen (secondary N) is 1. The van der Waals surface area contributed by atoms with Crippen molar-refractivity contribution in [1.82, 2.24) is 5.32 Å². The van der Waals surface area contributed by atoms with Gasteiger partial charge < -0.3 is 10.4 Å². The molecule has 4 nitrogen and oxygen atoms in total. The van der Waals surface area contributed by atoms with Crippen LogP contribution in [0.1, 0.15) is 27.2 Å². The van der Waals surface area contributed by atoms with Crippen LogP contribution in [-0.4, -0.2) is 22.4 Å². The van der Waals surface area contributed by atoms with Crippen molar-refractivity contribution < 1.29 is 9.90 Å². The second-order valence-corrected chi connectivity index (χ2v) is 5.38. The molecule has 92 valence electrons. The molecule has 0 radical (unpaired) electrons. The first-order valence-electron chi connectivity index (χ1n) is 5.72. The zero-order valence-corrected chi connectivity index (χ0v) is 10.4. The van der Waals surface area contributed by atoms with Gasteiger partial charge in [-0.05, 0) is 32.9 Å². The first-order valence-corrected chi connectivity index (χ1v) is 5.72. The molecule has 0 spiro atoms. The lowest BCUT2D eigenvalue weighted by Crippen LogP contribution is -2.66. The molecule has 2 amide bonds. The van der Waals surface area contributed by atoms with Crippen LogP contribution < -0.4 is 10.2 Å². The Kier molecular flexibility index (Phi) is 2.62. The van der Waals surface area contributed by atoms with Crippen LogP contribution in [0, 0.1) is 0 Å². The lowest BCUT2D eigenvalue weighted by molar-refractivity contribution is 0.0167. The second-order valence-electron chi connectivity index (χ2n) is 5.38. The van der Waals surface area contributed by atoms with Crippen LogP contribution in [0.25, 0.3) is 0 Å². The van der Waals surface area contributed by atoms with Crippen molar-refractivity contribution in [2.24, 2.45) is 0 Å². The van der Waals surface area contributed by atoms with E-state index in [-0.39, 0.29) is 6.03 Å². The summed E-state index contributed by atoms with van der Waals surface area (Å²) in [4.78, 5) is 13.5. The van der Waals surface area contributed by atoms with Crippen LogP contribution in [0.15, 0.2) is 30.3 Å². The number of para-hydroxylation sites is 1. The SMILES string of the molecule is CC1(C)C[C@](C)(O)N(c2ccccc2)C(=O)N1. The van der Waals surface area contributed by atoms with Gasteiger partial charge in [0.25, 0.3) is 0 Å². The van der Waals surface area contributed by atoms with Crippen LogP contribution in [0.4, 0.5) is 10.5 Å². The first-order chi connectivity index (χ1) is 7.82. The molecular weight excluding hydrogens is 216 g/mol. The molecule has 1 heterocycles. The minimum Gasteiger partial charge on any atom is -0.371 e. The van der Waals surface area contributed by atoms with E-state index in [1.165, 1.54) is 4.90 Å². The molecule has 1 aliphatic heterocycles. The number of carbonyl (C=O) groups excluding carboxylic acids is 1. The molecule has 2 N–H and O–H groups in total. The fraction of sp³-hybridized carbons (Fsp3) is 0.462. The van der Waals surface area contributed by atoms with Crippen molar-refractivity contribution in [3.63, 3.8) is 0 Å². The van der Waals surface area contributed by atoms with E-state index in [0.717, 1.165) is 0 Å². The minimum atomic E-state index is -1.17. The van der Waals surface area contributed by atoms with Crippen molar-refractivity contribution in [2.75, 3.05) is 4.90 Å². The Balaban J connectivity index is 2.38. The molecule has 2 rings (SSSR count). The Bertz CT molecular complexity index is 426. The van der Waals surface area contributed by atoms with Crippen molar-refractivity contribution >= 4 is 11.7 Å². The highest BCUT2D eigenvalue weighted by Crippen LogP contribution is 2.33. The van der Waals surface area contributed by atoms with E-state index in [1.54, 1.807) is 6.92 Å². The van der Waals surface area contributed by atoms with Crippen LogP contribution >= 0.6 is 0 Å². The van der Waals surface area contributed by atoms with Gasteiger partial charge >= 0.3 is 6.03 Å². The molecule has 1 saturated heterocycles. The predicted molar refractivity (Wildman–Crippen MR) is 66.8 cm³/mol. The van der Waals surface area contributed by atoms with Gasteiger partial charge in [0.05, 0.1) is 0 Å². The van der Waals surface area contributed by atoms with Gasteiger partial charge in [-0.3, -0.25) is 4.90 Å². The highest BCUT2D eigenvalue weighted by Gasteiger charge is 2.45. The third-order valence-corrected chi connectivity index (χ3v) is 2.92. The lowest BCUT2D eigenvalue weighted by atomic mass is 9.90. The number of benzene rings is 1. The van der Waals surface area contributed by atoms with Gasteiger partial charge in [-0.15, -0.1) is 0 Å². The number of anilines is 1. The van der Waals surface area contributed by atoms with Crippen molar-refractivity contribution in [3.05, 3.63) is 30.3 Å². The maximum absolute atomic E-state index is 12.1. The lowest BCUT2D eigenvalue weighted by Gasteiger charge is -2.47. The van der Waals surface area contributed by atoms with E-state index in [4.69, 9.17) is 0 Å². The summed E-state index contributed by atoms with van der Waals surface area (Å²) in [6, 6.07) is 8.93. The van der Waals surface area contributed by atoms with Gasteiger partial charge in [0.2, 0.25) is 0 Å². The zero-order chi connectivity index (χ0) is 12.7. The van der Waals surface area contributed by atoms with Crippen LogP contribution in [0.3, 0.4) is 0 Å². The van der Waals surface area contributed by atoms with Gasteiger partial charge in [-0.2, -0.15) is 0 Å². The Morgan fingerprint density at radius 3 is 2.35 bits per heavy atom. The number of rotatable bonds is 1. The Morgan fingerprint density at radius 2 is 1.82 bits per heavy atom. The maximum Gasteiger partial charge on any atom is 0.324 e. The smallest absolute Gasteiger partial charge is 0.324 e. The minimum absolute atomic E-state index is 0.266. The Morgan fingerprint density at radius 1 is 1.24 bits per heavy atom. The summed E-state index contributed by atoms with van der Waals surface area (Å²) in [5, 5.41) is 13.3. The number of urea groups is 1. The summed E-state index contributed by atoms with van der Waals surface area (Å²) in [5.41, 5.74) is -0.871. The summed E-state index contributed by atoms with van der Waals surface area (Å²) in [6.45, 7) is 5.48. The number of aliphatic hydroxyl groups is 1. The number of hydrogen-bond donors (Lipinski definition) is 2. The number of nitrogens with zero attached hydrogens (tertiary/aromatic N) is 1. The van der Waals surface area contributed by atoms with Crippen molar-refractivity contribution in [2.45, 2.75) is 38.5 Å². The second kappa shape index (κ2) is 3.74. The average Bonchev–Trinajstić information content (AvgIpc) is 2.14.